The van der Waals surface area contributed by atoms with Gasteiger partial charge < -0.3 is 19.7 Å². The average molecular weight is 507 g/mol. The molecule has 0 radical (unpaired) electrons. The summed E-state index contributed by atoms with van der Waals surface area (Å²) in [5.41, 5.74) is 4.20. The molecule has 0 aliphatic rings. The van der Waals surface area contributed by atoms with Gasteiger partial charge in [0.25, 0.3) is 0 Å². The number of aromatic nitrogens is 4. The van der Waals surface area contributed by atoms with Crippen LogP contribution in [0.5, 0.6) is 11.5 Å². The van der Waals surface area contributed by atoms with Gasteiger partial charge in [0.2, 0.25) is 12.7 Å². The minimum atomic E-state index is -0.183. The fourth-order valence-electron chi connectivity index (χ4n) is 4.52. The molecule has 0 spiro atoms. The number of rotatable bonds is 12. The zero-order chi connectivity index (χ0) is 26.4. The van der Waals surface area contributed by atoms with E-state index in [1.807, 2.05) is 108 Å². The lowest BCUT2D eigenvalue weighted by Crippen LogP contribution is -2.43. The number of aliphatic hydroxyl groups excluding tert-OH is 2. The first-order chi connectivity index (χ1) is 17.9. The highest BCUT2D eigenvalue weighted by atomic mass is 16.5. The highest BCUT2D eigenvalue weighted by Crippen LogP contribution is 2.31. The quantitative estimate of drug-likeness (QED) is 0.289. The number of imidazole rings is 2. The fourth-order valence-corrected chi connectivity index (χ4v) is 4.52. The Balaban J connectivity index is 1.53. The van der Waals surface area contributed by atoms with Gasteiger partial charge in [-0.25, -0.2) is 18.3 Å². The molecule has 0 aliphatic carbocycles. The van der Waals surface area contributed by atoms with Crippen molar-refractivity contribution in [3.63, 3.8) is 0 Å². The van der Waals surface area contributed by atoms with Crippen molar-refractivity contribution in [2.24, 2.45) is 14.1 Å². The van der Waals surface area contributed by atoms with E-state index in [2.05, 4.69) is 12.1 Å². The van der Waals surface area contributed by atoms with Crippen LogP contribution >= 0.6 is 0 Å². The number of nitrogens with zero attached hydrogens (tertiary/aromatic N) is 4. The molecule has 37 heavy (non-hydrogen) atoms. The first-order valence-corrected chi connectivity index (χ1v) is 12.6. The highest BCUT2D eigenvalue weighted by molar-refractivity contribution is 5.48. The van der Waals surface area contributed by atoms with Crippen LogP contribution in [0.2, 0.25) is 0 Å². The van der Waals surface area contributed by atoms with E-state index >= 15 is 0 Å². The van der Waals surface area contributed by atoms with Crippen molar-refractivity contribution in [1.29, 1.82) is 0 Å². The Morgan fingerprint density at radius 3 is 1.51 bits per heavy atom. The number of aliphatic hydroxyl groups is 2. The van der Waals surface area contributed by atoms with Crippen molar-refractivity contribution in [3.05, 3.63) is 96.1 Å². The molecule has 0 aliphatic heterocycles. The van der Waals surface area contributed by atoms with Crippen LogP contribution in [-0.2, 0) is 20.5 Å². The molecule has 2 aromatic heterocycles. The maximum atomic E-state index is 9.97. The number of aryl methyl sites for hydroxylation is 4. The van der Waals surface area contributed by atoms with Gasteiger partial charge in [0.05, 0.1) is 27.3 Å². The predicted molar refractivity (Wildman–Crippen MR) is 140 cm³/mol. The van der Waals surface area contributed by atoms with Gasteiger partial charge in [-0.15, -0.1) is 0 Å². The lowest BCUT2D eigenvalue weighted by Gasteiger charge is -2.20. The normalized spacial score (nSPS) is 12.9. The molecule has 2 atom stereocenters. The van der Waals surface area contributed by atoms with Crippen molar-refractivity contribution in [2.45, 2.75) is 32.4 Å². The molecule has 2 N–H and O–H groups in total. The van der Waals surface area contributed by atoms with E-state index < -0.39 is 0 Å². The van der Waals surface area contributed by atoms with E-state index in [9.17, 15) is 10.2 Å². The van der Waals surface area contributed by atoms with Crippen LogP contribution in [0.25, 0.3) is 0 Å². The molecule has 8 heteroatoms. The SMILES string of the molecule is Cc1cccc(Cc2cccc(C)c2OCC(CO)[n+]2ccn(C)c2)c1OCC(CO)[n+]1ccn(C)c1. The number of hydrogen-bond donors (Lipinski definition) is 2. The minimum Gasteiger partial charge on any atom is -0.489 e. The van der Waals surface area contributed by atoms with Crippen LogP contribution < -0.4 is 18.6 Å². The largest absolute Gasteiger partial charge is 0.489 e. The van der Waals surface area contributed by atoms with Crippen molar-refractivity contribution >= 4 is 0 Å². The van der Waals surface area contributed by atoms with Crippen LogP contribution in [0.3, 0.4) is 0 Å². The molecule has 0 fully saturated rings. The molecule has 4 aromatic rings. The molecular formula is C29H38N4O4+2. The summed E-state index contributed by atoms with van der Waals surface area (Å²) in [5, 5.41) is 19.9. The Morgan fingerprint density at radius 1 is 0.730 bits per heavy atom. The zero-order valence-electron chi connectivity index (χ0n) is 22.1. The van der Waals surface area contributed by atoms with Crippen molar-refractivity contribution in [2.75, 3.05) is 26.4 Å². The summed E-state index contributed by atoms with van der Waals surface area (Å²) in [5.74, 6) is 1.66. The molecule has 2 unspecified atom stereocenters. The molecule has 8 nitrogen and oxygen atoms in total. The van der Waals surface area contributed by atoms with Crippen LogP contribution in [0.15, 0.2) is 73.8 Å². The fraction of sp³-hybridized carbons (Fsp3) is 0.379. The van der Waals surface area contributed by atoms with Gasteiger partial charge in [-0.05, 0) is 36.1 Å². The van der Waals surface area contributed by atoms with E-state index in [0.29, 0.717) is 19.6 Å². The van der Waals surface area contributed by atoms with Gasteiger partial charge in [0, 0.05) is 6.42 Å². The topological polar surface area (TPSA) is 76.5 Å². The van der Waals surface area contributed by atoms with Crippen LogP contribution in [0, 0.1) is 13.8 Å². The van der Waals surface area contributed by atoms with Crippen LogP contribution in [-0.4, -0.2) is 45.8 Å². The second kappa shape index (κ2) is 12.1. The van der Waals surface area contributed by atoms with Gasteiger partial charge >= 0.3 is 0 Å². The molecule has 0 saturated carbocycles. The van der Waals surface area contributed by atoms with Gasteiger partial charge in [0.15, 0.2) is 12.1 Å². The molecule has 2 aromatic carbocycles. The van der Waals surface area contributed by atoms with Crippen LogP contribution in [0.1, 0.15) is 34.3 Å². The summed E-state index contributed by atoms with van der Waals surface area (Å²) < 4.78 is 20.5. The minimum absolute atomic E-state index is 0.0167. The maximum absolute atomic E-state index is 9.97. The zero-order valence-corrected chi connectivity index (χ0v) is 22.1. The summed E-state index contributed by atoms with van der Waals surface area (Å²) in [6, 6.07) is 11.9. The van der Waals surface area contributed by atoms with Crippen LogP contribution in [0.4, 0.5) is 0 Å². The Morgan fingerprint density at radius 2 is 1.16 bits per heavy atom. The molecule has 2 heterocycles. The molecular weight excluding hydrogens is 468 g/mol. The lowest BCUT2D eigenvalue weighted by atomic mass is 9.99. The van der Waals surface area contributed by atoms with E-state index in [1.54, 1.807) is 0 Å². The van der Waals surface area contributed by atoms with Gasteiger partial charge in [0.1, 0.15) is 49.5 Å². The number of para-hydroxylation sites is 2. The molecule has 4 rings (SSSR count). The smallest absolute Gasteiger partial charge is 0.243 e. The summed E-state index contributed by atoms with van der Waals surface area (Å²) in [4.78, 5) is 0. The predicted octanol–water partition coefficient (Wildman–Crippen LogP) is 2.37. The summed E-state index contributed by atoms with van der Waals surface area (Å²) in [6.45, 7) is 4.76. The Bertz CT molecular complexity index is 1210. The van der Waals surface area contributed by atoms with Crippen molar-refractivity contribution in [1.82, 2.24) is 9.13 Å². The summed E-state index contributed by atoms with van der Waals surface area (Å²) >= 11 is 0. The molecule has 196 valence electrons. The second-order valence-electron chi connectivity index (χ2n) is 9.65. The van der Waals surface area contributed by atoms with E-state index in [-0.39, 0.29) is 25.3 Å². The third-order valence-corrected chi connectivity index (χ3v) is 6.65. The Labute approximate surface area is 218 Å². The number of hydrogen-bond acceptors (Lipinski definition) is 4. The standard InChI is InChI=1S/C29H38N4O4/c1-22-7-5-9-24(28(22)36-18-26(16-34)32-13-11-30(3)20-32)15-25-10-6-8-23(2)29(25)37-19-27(17-35)33-14-12-31(4)21-33/h5-14,20-21,26-27,34-35H,15-19H2,1-4H3/q+2. The maximum Gasteiger partial charge on any atom is 0.243 e. The van der Waals surface area contributed by atoms with E-state index in [0.717, 1.165) is 33.8 Å². The lowest BCUT2D eigenvalue weighted by molar-refractivity contribution is -0.725. The average Bonchev–Trinajstić information content (AvgIpc) is 3.51. The third-order valence-electron chi connectivity index (χ3n) is 6.65. The van der Waals surface area contributed by atoms with Gasteiger partial charge in [-0.1, -0.05) is 36.4 Å². The second-order valence-corrected chi connectivity index (χ2v) is 9.65. The molecule has 0 amide bonds. The first kappa shape index (κ1) is 26.4. The van der Waals surface area contributed by atoms with Crippen molar-refractivity contribution in [3.8, 4) is 11.5 Å². The van der Waals surface area contributed by atoms with Gasteiger partial charge in [-0.3, -0.25) is 0 Å². The summed E-state index contributed by atoms with van der Waals surface area (Å²) in [7, 11) is 3.90. The van der Waals surface area contributed by atoms with E-state index in [4.69, 9.17) is 9.47 Å². The first-order valence-electron chi connectivity index (χ1n) is 12.6. The Kier molecular flexibility index (Phi) is 8.63. The molecule has 0 saturated heterocycles. The monoisotopic (exact) mass is 506 g/mol. The number of ether oxygens (including phenoxy) is 2. The Hall–Kier alpha value is -3.62. The van der Waals surface area contributed by atoms with Gasteiger partial charge in [-0.2, -0.15) is 0 Å². The summed E-state index contributed by atoms with van der Waals surface area (Å²) in [6.07, 6.45) is 12.3. The molecule has 0 bridgehead atoms. The van der Waals surface area contributed by atoms with Crippen molar-refractivity contribution < 1.29 is 28.8 Å². The third kappa shape index (κ3) is 6.39. The highest BCUT2D eigenvalue weighted by Gasteiger charge is 2.21. The van der Waals surface area contributed by atoms with E-state index in [1.165, 1.54) is 0 Å². The number of benzene rings is 2.